The molecule has 1 atom stereocenters. The maximum Gasteiger partial charge on any atom is 0.319 e. The Labute approximate surface area is 199 Å². The van der Waals surface area contributed by atoms with Gasteiger partial charge in [-0.25, -0.2) is 4.79 Å². The lowest BCUT2D eigenvalue weighted by atomic mass is 10.2. The van der Waals surface area contributed by atoms with Crippen molar-refractivity contribution in [3.63, 3.8) is 0 Å². The molecule has 0 bridgehead atoms. The second-order valence-electron chi connectivity index (χ2n) is 8.22. The van der Waals surface area contributed by atoms with Crippen molar-refractivity contribution in [2.45, 2.75) is 19.0 Å². The molecule has 0 spiro atoms. The SMILES string of the molecule is CN(C(=O)c1ccc(Cl)cc1)c1ccc(NC(=O)NC2CCN(Cc3ccccc3)C2)cc1. The van der Waals surface area contributed by atoms with Crippen LogP contribution in [0.4, 0.5) is 16.2 Å². The first-order valence-electron chi connectivity index (χ1n) is 11.0. The highest BCUT2D eigenvalue weighted by molar-refractivity contribution is 6.30. The normalized spacial score (nSPS) is 15.8. The van der Waals surface area contributed by atoms with Crippen LogP contribution in [0.25, 0.3) is 0 Å². The average molecular weight is 463 g/mol. The van der Waals surface area contributed by atoms with Crippen molar-refractivity contribution in [3.8, 4) is 0 Å². The summed E-state index contributed by atoms with van der Waals surface area (Å²) in [5.41, 5.74) is 3.24. The highest BCUT2D eigenvalue weighted by atomic mass is 35.5. The zero-order valence-corrected chi connectivity index (χ0v) is 19.3. The van der Waals surface area contributed by atoms with Crippen LogP contribution in [0.5, 0.6) is 0 Å². The van der Waals surface area contributed by atoms with Crippen LogP contribution < -0.4 is 15.5 Å². The third-order valence-electron chi connectivity index (χ3n) is 5.76. The summed E-state index contributed by atoms with van der Waals surface area (Å²) in [6.45, 7) is 2.69. The Morgan fingerprint density at radius 1 is 1.00 bits per heavy atom. The Bertz CT molecular complexity index is 1090. The molecule has 1 aliphatic rings. The molecule has 0 aliphatic carbocycles. The Kier molecular flexibility index (Phi) is 7.27. The van der Waals surface area contributed by atoms with Crippen LogP contribution in [0.15, 0.2) is 78.9 Å². The largest absolute Gasteiger partial charge is 0.334 e. The van der Waals surface area contributed by atoms with E-state index in [4.69, 9.17) is 11.6 Å². The lowest BCUT2D eigenvalue weighted by molar-refractivity contribution is 0.0993. The first-order valence-corrected chi connectivity index (χ1v) is 11.3. The van der Waals surface area contributed by atoms with E-state index in [0.29, 0.717) is 16.3 Å². The van der Waals surface area contributed by atoms with Crippen molar-refractivity contribution in [2.75, 3.05) is 30.4 Å². The van der Waals surface area contributed by atoms with Crippen molar-refractivity contribution in [3.05, 3.63) is 95.0 Å². The number of nitrogens with one attached hydrogen (secondary N) is 2. The van der Waals surface area contributed by atoms with Gasteiger partial charge in [-0.1, -0.05) is 41.9 Å². The van der Waals surface area contributed by atoms with Crippen molar-refractivity contribution >= 4 is 34.9 Å². The predicted octanol–water partition coefficient (Wildman–Crippen LogP) is 5.01. The summed E-state index contributed by atoms with van der Waals surface area (Å²) < 4.78 is 0. The molecule has 0 radical (unpaired) electrons. The van der Waals surface area contributed by atoms with Gasteiger partial charge in [-0.2, -0.15) is 0 Å². The van der Waals surface area contributed by atoms with Crippen LogP contribution in [-0.2, 0) is 6.54 Å². The molecule has 1 saturated heterocycles. The van der Waals surface area contributed by atoms with E-state index in [1.54, 1.807) is 60.5 Å². The smallest absolute Gasteiger partial charge is 0.319 e. The van der Waals surface area contributed by atoms with E-state index in [1.165, 1.54) is 5.56 Å². The van der Waals surface area contributed by atoms with E-state index in [0.717, 1.165) is 31.7 Å². The second-order valence-corrected chi connectivity index (χ2v) is 8.66. The molecule has 6 nitrogen and oxygen atoms in total. The summed E-state index contributed by atoms with van der Waals surface area (Å²) >= 11 is 5.90. The molecule has 33 heavy (non-hydrogen) atoms. The van der Waals surface area contributed by atoms with E-state index in [2.05, 4.69) is 27.7 Å². The number of anilines is 2. The number of hydrogen-bond donors (Lipinski definition) is 2. The van der Waals surface area contributed by atoms with Crippen molar-refractivity contribution in [2.24, 2.45) is 0 Å². The third-order valence-corrected chi connectivity index (χ3v) is 6.02. The van der Waals surface area contributed by atoms with Crippen LogP contribution in [0.3, 0.4) is 0 Å². The van der Waals surface area contributed by atoms with Gasteiger partial charge >= 0.3 is 6.03 Å². The van der Waals surface area contributed by atoms with Gasteiger partial charge < -0.3 is 15.5 Å². The first-order chi connectivity index (χ1) is 16.0. The van der Waals surface area contributed by atoms with E-state index in [9.17, 15) is 9.59 Å². The molecule has 0 saturated carbocycles. The summed E-state index contributed by atoms with van der Waals surface area (Å²) in [7, 11) is 1.72. The molecule has 2 N–H and O–H groups in total. The third kappa shape index (κ3) is 6.12. The van der Waals surface area contributed by atoms with E-state index >= 15 is 0 Å². The molecule has 7 heteroatoms. The number of benzene rings is 3. The number of carbonyl (C=O) groups excluding carboxylic acids is 2. The molecule has 4 rings (SSSR count). The number of halogens is 1. The van der Waals surface area contributed by atoms with Gasteiger partial charge in [0.25, 0.3) is 5.91 Å². The van der Waals surface area contributed by atoms with Gasteiger partial charge in [0.05, 0.1) is 0 Å². The second kappa shape index (κ2) is 10.5. The van der Waals surface area contributed by atoms with Gasteiger partial charge in [0, 0.05) is 54.7 Å². The van der Waals surface area contributed by atoms with Gasteiger partial charge in [0.15, 0.2) is 0 Å². The van der Waals surface area contributed by atoms with Gasteiger partial charge in [-0.05, 0) is 60.5 Å². The number of rotatable bonds is 6. The molecular formula is C26H27ClN4O2. The highest BCUT2D eigenvalue weighted by Crippen LogP contribution is 2.20. The van der Waals surface area contributed by atoms with Crippen LogP contribution >= 0.6 is 11.6 Å². The van der Waals surface area contributed by atoms with Crippen molar-refractivity contribution in [1.82, 2.24) is 10.2 Å². The summed E-state index contributed by atoms with van der Waals surface area (Å²) in [5.74, 6) is -0.133. The molecule has 3 aromatic carbocycles. The zero-order chi connectivity index (χ0) is 23.2. The fraction of sp³-hybridized carbons (Fsp3) is 0.231. The number of urea groups is 1. The molecule has 1 unspecified atom stereocenters. The van der Waals surface area contributed by atoms with Crippen molar-refractivity contribution < 1.29 is 9.59 Å². The van der Waals surface area contributed by atoms with E-state index < -0.39 is 0 Å². The number of amides is 3. The van der Waals surface area contributed by atoms with Gasteiger partial charge in [-0.3, -0.25) is 9.69 Å². The summed E-state index contributed by atoms with van der Waals surface area (Å²) in [6, 6.07) is 24.2. The lowest BCUT2D eigenvalue weighted by Gasteiger charge is -2.19. The topological polar surface area (TPSA) is 64.7 Å². The van der Waals surface area contributed by atoms with Crippen LogP contribution in [0, 0.1) is 0 Å². The van der Waals surface area contributed by atoms with Crippen LogP contribution in [-0.4, -0.2) is 43.0 Å². The summed E-state index contributed by atoms with van der Waals surface area (Å²) in [6.07, 6.45) is 0.927. The number of nitrogens with zero attached hydrogens (tertiary/aromatic N) is 2. The van der Waals surface area contributed by atoms with Crippen LogP contribution in [0.2, 0.25) is 5.02 Å². The van der Waals surface area contributed by atoms with Crippen LogP contribution in [0.1, 0.15) is 22.3 Å². The lowest BCUT2D eigenvalue weighted by Crippen LogP contribution is -2.39. The number of likely N-dealkylation sites (tertiary alicyclic amines) is 1. The molecule has 3 amide bonds. The van der Waals surface area contributed by atoms with Crippen molar-refractivity contribution in [1.29, 1.82) is 0 Å². The molecule has 1 heterocycles. The molecule has 1 fully saturated rings. The minimum Gasteiger partial charge on any atom is -0.334 e. The monoisotopic (exact) mass is 462 g/mol. The van der Waals surface area contributed by atoms with Gasteiger partial charge in [0.2, 0.25) is 0 Å². The minimum absolute atomic E-state index is 0.121. The maximum absolute atomic E-state index is 12.7. The first kappa shape index (κ1) is 22.8. The Morgan fingerprint density at radius 3 is 2.39 bits per heavy atom. The Hall–Kier alpha value is -3.35. The minimum atomic E-state index is -0.222. The zero-order valence-electron chi connectivity index (χ0n) is 18.5. The molecule has 3 aromatic rings. The standard InChI is InChI=1S/C26H27ClN4O2/c1-30(25(32)20-7-9-21(27)10-8-20)24-13-11-22(12-14-24)28-26(33)29-23-15-16-31(18-23)17-19-5-3-2-4-6-19/h2-14,23H,15-18H2,1H3,(H2,28,29,33). The van der Waals surface area contributed by atoms with Gasteiger partial charge in [-0.15, -0.1) is 0 Å². The predicted molar refractivity (Wildman–Crippen MR) is 133 cm³/mol. The van der Waals surface area contributed by atoms with E-state index in [-0.39, 0.29) is 18.0 Å². The van der Waals surface area contributed by atoms with Gasteiger partial charge in [0.1, 0.15) is 0 Å². The molecular weight excluding hydrogens is 436 g/mol. The molecule has 1 aliphatic heterocycles. The number of carbonyl (C=O) groups is 2. The van der Waals surface area contributed by atoms with E-state index in [1.807, 2.05) is 18.2 Å². The Morgan fingerprint density at radius 2 is 1.70 bits per heavy atom. The number of hydrogen-bond acceptors (Lipinski definition) is 3. The Balaban J connectivity index is 1.27. The quantitative estimate of drug-likeness (QED) is 0.541. The molecule has 170 valence electrons. The highest BCUT2D eigenvalue weighted by Gasteiger charge is 2.24. The fourth-order valence-corrected chi connectivity index (χ4v) is 4.09. The summed E-state index contributed by atoms with van der Waals surface area (Å²) in [4.78, 5) is 29.0. The fourth-order valence-electron chi connectivity index (χ4n) is 3.96. The average Bonchev–Trinajstić information content (AvgIpc) is 3.26. The maximum atomic E-state index is 12.7. The molecule has 0 aromatic heterocycles. The summed E-state index contributed by atoms with van der Waals surface area (Å²) in [5, 5.41) is 6.53.